The van der Waals surface area contributed by atoms with Crippen molar-refractivity contribution in [2.75, 3.05) is 13.1 Å². The first-order chi connectivity index (χ1) is 10.6. The highest BCUT2D eigenvalue weighted by Crippen LogP contribution is 2.21. The molecule has 0 aliphatic rings. The standard InChI is InChI=1S/C16H17BrN2O2S/c1-11-4-2-3-5-13(11)16(21)19-10-15(20)18-9-8-12-6-7-14(17)22-12/h2-7H,8-10H2,1H3,(H,18,20)(H,19,21). The summed E-state index contributed by atoms with van der Waals surface area (Å²) in [5.41, 5.74) is 1.49. The Morgan fingerprint density at radius 3 is 2.59 bits per heavy atom. The molecule has 4 nitrogen and oxygen atoms in total. The fourth-order valence-electron chi connectivity index (χ4n) is 1.96. The molecule has 0 aliphatic heterocycles. The molecule has 0 fully saturated rings. The number of amides is 2. The zero-order valence-electron chi connectivity index (χ0n) is 12.2. The quantitative estimate of drug-likeness (QED) is 0.809. The first-order valence-electron chi connectivity index (χ1n) is 6.91. The van der Waals surface area contributed by atoms with Crippen molar-refractivity contribution in [2.45, 2.75) is 13.3 Å². The maximum atomic E-state index is 12.0. The lowest BCUT2D eigenvalue weighted by Gasteiger charge is -2.08. The molecule has 2 N–H and O–H groups in total. The molecule has 22 heavy (non-hydrogen) atoms. The fourth-order valence-corrected chi connectivity index (χ4v) is 3.44. The second-order valence-corrected chi connectivity index (χ2v) is 7.35. The van der Waals surface area contributed by atoms with Crippen LogP contribution < -0.4 is 10.6 Å². The second kappa shape index (κ2) is 8.10. The lowest BCUT2D eigenvalue weighted by atomic mass is 10.1. The predicted octanol–water partition coefficient (Wildman–Crippen LogP) is 2.91. The van der Waals surface area contributed by atoms with Crippen LogP contribution in [-0.4, -0.2) is 24.9 Å². The van der Waals surface area contributed by atoms with Crippen molar-refractivity contribution in [1.29, 1.82) is 0 Å². The van der Waals surface area contributed by atoms with Crippen molar-refractivity contribution in [3.63, 3.8) is 0 Å². The van der Waals surface area contributed by atoms with Gasteiger partial charge in [0.15, 0.2) is 0 Å². The monoisotopic (exact) mass is 380 g/mol. The van der Waals surface area contributed by atoms with Gasteiger partial charge in [0.1, 0.15) is 0 Å². The van der Waals surface area contributed by atoms with Gasteiger partial charge in [0.05, 0.1) is 10.3 Å². The minimum Gasteiger partial charge on any atom is -0.354 e. The molecule has 0 atom stereocenters. The number of carbonyl (C=O) groups is 2. The molecule has 2 aromatic rings. The maximum Gasteiger partial charge on any atom is 0.251 e. The number of halogens is 1. The van der Waals surface area contributed by atoms with E-state index < -0.39 is 0 Å². The number of aryl methyl sites for hydroxylation is 1. The van der Waals surface area contributed by atoms with E-state index in [0.717, 1.165) is 15.8 Å². The fraction of sp³-hybridized carbons (Fsp3) is 0.250. The van der Waals surface area contributed by atoms with Gasteiger partial charge >= 0.3 is 0 Å². The van der Waals surface area contributed by atoms with Gasteiger partial charge in [-0.05, 0) is 53.0 Å². The van der Waals surface area contributed by atoms with Crippen molar-refractivity contribution in [3.05, 3.63) is 56.2 Å². The SMILES string of the molecule is Cc1ccccc1C(=O)NCC(=O)NCCc1ccc(Br)s1. The normalized spacial score (nSPS) is 10.3. The Morgan fingerprint density at radius 2 is 1.91 bits per heavy atom. The topological polar surface area (TPSA) is 58.2 Å². The Kier molecular flexibility index (Phi) is 6.15. The first kappa shape index (κ1) is 16.7. The van der Waals surface area contributed by atoms with Gasteiger partial charge < -0.3 is 10.6 Å². The van der Waals surface area contributed by atoms with Crippen LogP contribution in [0.1, 0.15) is 20.8 Å². The molecular weight excluding hydrogens is 364 g/mol. The average molecular weight is 381 g/mol. The highest BCUT2D eigenvalue weighted by molar-refractivity contribution is 9.11. The molecule has 0 saturated heterocycles. The van der Waals surface area contributed by atoms with Crippen LogP contribution in [0, 0.1) is 6.92 Å². The summed E-state index contributed by atoms with van der Waals surface area (Å²) in [5, 5.41) is 5.44. The van der Waals surface area contributed by atoms with E-state index in [1.54, 1.807) is 23.5 Å². The van der Waals surface area contributed by atoms with Crippen LogP contribution in [0.2, 0.25) is 0 Å². The molecule has 6 heteroatoms. The van der Waals surface area contributed by atoms with E-state index in [1.807, 2.05) is 31.2 Å². The number of hydrogen-bond acceptors (Lipinski definition) is 3. The molecule has 1 aromatic carbocycles. The zero-order chi connectivity index (χ0) is 15.9. The predicted molar refractivity (Wildman–Crippen MR) is 92.2 cm³/mol. The van der Waals surface area contributed by atoms with Gasteiger partial charge in [-0.25, -0.2) is 0 Å². The summed E-state index contributed by atoms with van der Waals surface area (Å²) in [6.45, 7) is 2.42. The van der Waals surface area contributed by atoms with Crippen molar-refractivity contribution in [3.8, 4) is 0 Å². The van der Waals surface area contributed by atoms with Gasteiger partial charge in [-0.2, -0.15) is 0 Å². The Morgan fingerprint density at radius 1 is 1.14 bits per heavy atom. The number of thiophene rings is 1. The number of carbonyl (C=O) groups excluding carboxylic acids is 2. The van der Waals surface area contributed by atoms with Crippen LogP contribution in [0.5, 0.6) is 0 Å². The van der Waals surface area contributed by atoms with Crippen LogP contribution in [-0.2, 0) is 11.2 Å². The van der Waals surface area contributed by atoms with Gasteiger partial charge in [0.2, 0.25) is 5.91 Å². The smallest absolute Gasteiger partial charge is 0.251 e. The largest absolute Gasteiger partial charge is 0.354 e. The molecule has 0 aliphatic carbocycles. The van der Waals surface area contributed by atoms with Gasteiger partial charge in [-0.15, -0.1) is 11.3 Å². The van der Waals surface area contributed by atoms with Crippen molar-refractivity contribution in [1.82, 2.24) is 10.6 Å². The number of nitrogens with one attached hydrogen (secondary N) is 2. The summed E-state index contributed by atoms with van der Waals surface area (Å²) in [6.07, 6.45) is 0.785. The Hall–Kier alpha value is -1.66. The Bertz CT molecular complexity index is 670. The Labute approximate surface area is 142 Å². The summed E-state index contributed by atoms with van der Waals surface area (Å²) < 4.78 is 1.08. The van der Waals surface area contributed by atoms with Crippen molar-refractivity contribution in [2.24, 2.45) is 0 Å². The van der Waals surface area contributed by atoms with Crippen molar-refractivity contribution < 1.29 is 9.59 Å². The molecule has 0 saturated carbocycles. The molecule has 2 rings (SSSR count). The van der Waals surface area contributed by atoms with Gasteiger partial charge in [0.25, 0.3) is 5.91 Å². The van der Waals surface area contributed by atoms with Crippen LogP contribution >= 0.6 is 27.3 Å². The summed E-state index contributed by atoms with van der Waals surface area (Å²) in [6, 6.07) is 11.3. The maximum absolute atomic E-state index is 12.0. The van der Waals surface area contributed by atoms with E-state index in [-0.39, 0.29) is 18.4 Å². The molecule has 0 bridgehead atoms. The molecule has 2 amide bonds. The minimum atomic E-state index is -0.226. The molecule has 0 spiro atoms. The molecular formula is C16H17BrN2O2S. The lowest BCUT2D eigenvalue weighted by Crippen LogP contribution is -2.37. The zero-order valence-corrected chi connectivity index (χ0v) is 14.6. The van der Waals surface area contributed by atoms with E-state index in [9.17, 15) is 9.59 Å². The van der Waals surface area contributed by atoms with Gasteiger partial charge in [-0.3, -0.25) is 9.59 Å². The first-order valence-corrected chi connectivity index (χ1v) is 8.52. The second-order valence-electron chi connectivity index (χ2n) is 4.80. The van der Waals surface area contributed by atoms with Gasteiger partial charge in [0, 0.05) is 17.0 Å². The summed E-state index contributed by atoms with van der Waals surface area (Å²) in [5.74, 6) is -0.409. The summed E-state index contributed by atoms with van der Waals surface area (Å²) in [4.78, 5) is 24.9. The number of hydrogen-bond donors (Lipinski definition) is 2. The molecule has 1 aromatic heterocycles. The molecule has 1 heterocycles. The summed E-state index contributed by atoms with van der Waals surface area (Å²) in [7, 11) is 0. The molecule has 116 valence electrons. The molecule has 0 unspecified atom stereocenters. The van der Waals surface area contributed by atoms with E-state index in [4.69, 9.17) is 0 Å². The third kappa shape index (κ3) is 4.96. The van der Waals surface area contributed by atoms with E-state index in [0.29, 0.717) is 12.1 Å². The lowest BCUT2D eigenvalue weighted by molar-refractivity contribution is -0.120. The van der Waals surface area contributed by atoms with Gasteiger partial charge in [-0.1, -0.05) is 18.2 Å². The highest BCUT2D eigenvalue weighted by atomic mass is 79.9. The van der Waals surface area contributed by atoms with E-state index in [1.165, 1.54) is 4.88 Å². The number of benzene rings is 1. The highest BCUT2D eigenvalue weighted by Gasteiger charge is 2.09. The van der Waals surface area contributed by atoms with Crippen LogP contribution in [0.25, 0.3) is 0 Å². The Balaban J connectivity index is 1.71. The third-order valence-electron chi connectivity index (χ3n) is 3.12. The molecule has 0 radical (unpaired) electrons. The average Bonchev–Trinajstić information content (AvgIpc) is 2.91. The van der Waals surface area contributed by atoms with Crippen LogP contribution in [0.4, 0.5) is 0 Å². The third-order valence-corrected chi connectivity index (χ3v) is 4.81. The minimum absolute atomic E-state index is 0.0126. The van der Waals surface area contributed by atoms with Crippen molar-refractivity contribution >= 4 is 39.1 Å². The summed E-state index contributed by atoms with van der Waals surface area (Å²) >= 11 is 5.06. The van der Waals surface area contributed by atoms with Crippen LogP contribution in [0.3, 0.4) is 0 Å². The van der Waals surface area contributed by atoms with E-state index >= 15 is 0 Å². The van der Waals surface area contributed by atoms with Crippen LogP contribution in [0.15, 0.2) is 40.2 Å². The number of rotatable bonds is 6. The van der Waals surface area contributed by atoms with E-state index in [2.05, 4.69) is 26.6 Å².